The van der Waals surface area contributed by atoms with Crippen molar-refractivity contribution in [3.63, 3.8) is 0 Å². The minimum atomic E-state index is -4.35. The zero-order valence-corrected chi connectivity index (χ0v) is 24.6. The summed E-state index contributed by atoms with van der Waals surface area (Å²) in [6.07, 6.45) is 4.45. The van der Waals surface area contributed by atoms with Gasteiger partial charge in [0.2, 0.25) is 0 Å². The van der Waals surface area contributed by atoms with Gasteiger partial charge in [-0.3, -0.25) is 14.4 Å². The molecule has 0 aromatic heterocycles. The average Bonchev–Trinajstić information content (AvgIpc) is 3.26. The van der Waals surface area contributed by atoms with Crippen LogP contribution in [0.15, 0.2) is 60.7 Å². The molecule has 42 heavy (non-hydrogen) atoms. The highest BCUT2D eigenvalue weighted by Crippen LogP contribution is 2.44. The van der Waals surface area contributed by atoms with E-state index in [0.29, 0.717) is 37.6 Å². The Hall–Kier alpha value is -3.23. The van der Waals surface area contributed by atoms with Crippen LogP contribution >= 0.6 is 7.60 Å². The molecule has 0 unspecified atom stereocenters. The van der Waals surface area contributed by atoms with Gasteiger partial charge in [0.15, 0.2) is 0 Å². The highest BCUT2D eigenvalue weighted by Gasteiger charge is 2.47. The maximum atomic E-state index is 13.7. The van der Waals surface area contributed by atoms with Crippen molar-refractivity contribution < 1.29 is 33.0 Å². The van der Waals surface area contributed by atoms with Crippen LogP contribution in [0.25, 0.3) is 11.1 Å². The summed E-state index contributed by atoms with van der Waals surface area (Å²) >= 11 is 0. The van der Waals surface area contributed by atoms with E-state index >= 15 is 0 Å². The van der Waals surface area contributed by atoms with Crippen LogP contribution in [0.1, 0.15) is 56.1 Å². The summed E-state index contributed by atoms with van der Waals surface area (Å²) in [6, 6.07) is 16.9. The molecule has 1 spiro atoms. The quantitative estimate of drug-likeness (QED) is 0.311. The smallest absolute Gasteiger partial charge is 0.415 e. The third-order valence-corrected chi connectivity index (χ3v) is 9.83. The van der Waals surface area contributed by atoms with Crippen molar-refractivity contribution in [2.75, 3.05) is 31.1 Å². The first-order valence-corrected chi connectivity index (χ1v) is 16.2. The molecule has 3 fully saturated rings. The second-order valence-corrected chi connectivity index (χ2v) is 13.2. The van der Waals surface area contributed by atoms with E-state index in [9.17, 15) is 23.5 Å². The lowest BCUT2D eigenvalue weighted by Gasteiger charge is -2.38. The lowest BCUT2D eigenvalue weighted by Crippen LogP contribution is -2.46. The number of hydrogen-bond donors (Lipinski definition) is 2. The number of carbonyl (C=O) groups excluding carboxylic acids is 1. The van der Waals surface area contributed by atoms with E-state index in [2.05, 4.69) is 17.0 Å². The van der Waals surface area contributed by atoms with Gasteiger partial charge in [-0.2, -0.15) is 0 Å². The second-order valence-electron chi connectivity index (χ2n) is 11.6. The molecule has 8 nitrogen and oxygen atoms in total. The minimum Gasteiger partial charge on any atom is -0.494 e. The molecule has 0 radical (unpaired) electrons. The van der Waals surface area contributed by atoms with Crippen LogP contribution in [-0.2, 0) is 15.8 Å². The zero-order chi connectivity index (χ0) is 29.5. The molecule has 3 aliphatic rings. The molecule has 2 N–H and O–H groups in total. The number of likely N-dealkylation sites (tertiary alicyclic amines) is 1. The summed E-state index contributed by atoms with van der Waals surface area (Å²) in [6.45, 7) is 5.15. The molecule has 2 aliphatic heterocycles. The fourth-order valence-electron chi connectivity index (χ4n) is 6.26. The summed E-state index contributed by atoms with van der Waals surface area (Å²) in [4.78, 5) is 35.5. The van der Waals surface area contributed by atoms with E-state index in [4.69, 9.17) is 9.47 Å². The van der Waals surface area contributed by atoms with E-state index < -0.39 is 19.3 Å². The van der Waals surface area contributed by atoms with E-state index in [1.54, 1.807) is 17.0 Å². The largest absolute Gasteiger partial charge is 0.494 e. The van der Waals surface area contributed by atoms with Gasteiger partial charge in [-0.15, -0.1) is 0 Å². The van der Waals surface area contributed by atoms with Crippen LogP contribution in [0, 0.1) is 5.82 Å². The number of rotatable bonds is 8. The Morgan fingerprint density at radius 1 is 1.05 bits per heavy atom. The van der Waals surface area contributed by atoms with Gasteiger partial charge < -0.3 is 19.3 Å². The molecule has 1 amide bonds. The third kappa shape index (κ3) is 5.84. The first-order valence-electron chi connectivity index (χ1n) is 14.6. The topological polar surface area (TPSA) is 99.5 Å². The minimum absolute atomic E-state index is 0.0839. The Morgan fingerprint density at radius 2 is 1.74 bits per heavy atom. The van der Waals surface area contributed by atoms with E-state index in [1.807, 2.05) is 19.1 Å². The Balaban J connectivity index is 1.17. The predicted octanol–water partition coefficient (Wildman–Crippen LogP) is 5.95. The van der Waals surface area contributed by atoms with Crippen molar-refractivity contribution in [2.45, 2.75) is 57.1 Å². The van der Waals surface area contributed by atoms with E-state index in [1.165, 1.54) is 36.2 Å². The number of hydrogen-bond acceptors (Lipinski definition) is 5. The normalized spacial score (nSPS) is 19.1. The second kappa shape index (κ2) is 11.5. The Bertz CT molecular complexity index is 1490. The lowest BCUT2D eigenvalue weighted by molar-refractivity contribution is -0.00112. The number of benzene rings is 3. The average molecular weight is 595 g/mol. The number of piperidine rings is 1. The predicted molar refractivity (Wildman–Crippen MR) is 159 cm³/mol. The molecule has 0 atom stereocenters. The van der Waals surface area contributed by atoms with Crippen LogP contribution in [0.4, 0.5) is 14.9 Å². The van der Waals surface area contributed by atoms with Gasteiger partial charge in [-0.25, -0.2) is 9.18 Å². The highest BCUT2D eigenvalue weighted by molar-refractivity contribution is 7.60. The number of anilines is 1. The molecule has 10 heteroatoms. The maximum absolute atomic E-state index is 13.7. The summed E-state index contributed by atoms with van der Waals surface area (Å²) in [5, 5.41) is -0.0839. The number of ether oxygens (including phenoxy) is 2. The summed E-state index contributed by atoms with van der Waals surface area (Å²) in [5.41, 5.74) is 4.50. The molecule has 1 saturated carbocycles. The maximum Gasteiger partial charge on any atom is 0.415 e. The Morgan fingerprint density at radius 3 is 2.33 bits per heavy atom. The van der Waals surface area contributed by atoms with Crippen LogP contribution in [0.2, 0.25) is 0 Å². The Labute approximate surface area is 245 Å². The molecule has 3 aromatic rings. The SMILES string of the molecule is CCOc1cc(-c2ccc(F)cc2)c(C2CCC2)cc1CN1CCC2(CC1)CN(c1ccc(P(=O)(O)O)cc1)C(=O)O2. The van der Waals surface area contributed by atoms with Gasteiger partial charge in [0.05, 0.1) is 18.5 Å². The fourth-order valence-corrected chi connectivity index (χ4v) is 6.80. The van der Waals surface area contributed by atoms with Crippen molar-refractivity contribution in [1.29, 1.82) is 0 Å². The summed E-state index contributed by atoms with van der Waals surface area (Å²) in [7, 11) is -4.35. The molecule has 0 bridgehead atoms. The van der Waals surface area contributed by atoms with Crippen molar-refractivity contribution >= 4 is 24.7 Å². The van der Waals surface area contributed by atoms with Crippen LogP contribution in [0.5, 0.6) is 5.75 Å². The van der Waals surface area contributed by atoms with Crippen molar-refractivity contribution in [2.24, 2.45) is 0 Å². The number of carbonyl (C=O) groups is 1. The number of halogens is 1. The van der Waals surface area contributed by atoms with Crippen molar-refractivity contribution in [3.05, 3.63) is 77.6 Å². The van der Waals surface area contributed by atoms with Crippen molar-refractivity contribution in [3.8, 4) is 16.9 Å². The highest BCUT2D eigenvalue weighted by atomic mass is 31.2. The van der Waals surface area contributed by atoms with Gasteiger partial charge in [0, 0.05) is 43.7 Å². The van der Waals surface area contributed by atoms with Crippen LogP contribution in [-0.4, -0.2) is 52.6 Å². The summed E-state index contributed by atoms with van der Waals surface area (Å²) in [5.74, 6) is 1.09. The summed E-state index contributed by atoms with van der Waals surface area (Å²) < 4.78 is 37.2. The molecular weight excluding hydrogens is 558 g/mol. The van der Waals surface area contributed by atoms with Gasteiger partial charge >= 0.3 is 13.7 Å². The number of nitrogens with zero attached hydrogens (tertiary/aromatic N) is 2. The molecular formula is C32H36FN2O6P. The molecule has 6 rings (SSSR count). The molecule has 2 heterocycles. The molecule has 3 aromatic carbocycles. The molecule has 222 valence electrons. The molecule has 2 saturated heterocycles. The van der Waals surface area contributed by atoms with Crippen molar-refractivity contribution in [1.82, 2.24) is 4.90 Å². The first kappa shape index (κ1) is 28.9. The van der Waals surface area contributed by atoms with E-state index in [-0.39, 0.29) is 11.1 Å². The fraction of sp³-hybridized carbons (Fsp3) is 0.406. The third-order valence-electron chi connectivity index (χ3n) is 8.86. The van der Waals surface area contributed by atoms with Crippen LogP contribution < -0.4 is 14.9 Å². The first-order chi connectivity index (χ1) is 20.1. The zero-order valence-electron chi connectivity index (χ0n) is 23.7. The van der Waals surface area contributed by atoms with Crippen LogP contribution in [0.3, 0.4) is 0 Å². The van der Waals surface area contributed by atoms with E-state index in [0.717, 1.165) is 54.9 Å². The number of amides is 1. The monoisotopic (exact) mass is 594 g/mol. The molecule has 1 aliphatic carbocycles. The van der Waals surface area contributed by atoms with Gasteiger partial charge in [0.25, 0.3) is 0 Å². The Kier molecular flexibility index (Phi) is 7.87. The lowest BCUT2D eigenvalue weighted by atomic mass is 9.76. The van der Waals surface area contributed by atoms with Gasteiger partial charge in [-0.1, -0.05) is 18.6 Å². The van der Waals surface area contributed by atoms with Gasteiger partial charge in [-0.05, 0) is 90.9 Å². The standard InChI is InChI=1S/C32H36FN2O6P/c1-2-40-30-19-29(23-6-8-25(33)9-7-23)28(22-4-3-5-22)18-24(30)20-34-16-14-32(15-17-34)21-35(31(36)41-32)26-10-12-27(13-11-26)42(37,38)39/h6-13,18-19,22H,2-5,14-17,20-21H2,1H3,(H2,37,38,39). The van der Waals surface area contributed by atoms with Gasteiger partial charge in [0.1, 0.15) is 17.2 Å².